The Morgan fingerprint density at radius 3 is 2.38 bits per heavy atom. The van der Waals surface area contributed by atoms with Crippen molar-refractivity contribution in [2.24, 2.45) is 0 Å². The summed E-state index contributed by atoms with van der Waals surface area (Å²) in [6, 6.07) is 6.33. The second-order valence-corrected chi connectivity index (χ2v) is 9.19. The number of amides is 2. The first-order chi connectivity index (χ1) is 12.1. The Labute approximate surface area is 161 Å². The zero-order valence-electron chi connectivity index (χ0n) is 16.6. The summed E-state index contributed by atoms with van der Waals surface area (Å²) in [5.74, 6) is 0.742. The molecule has 0 aliphatic carbocycles. The number of hydrogen-bond donors (Lipinski definition) is 2. The maximum Gasteiger partial charge on any atom is 0.275 e. The van der Waals surface area contributed by atoms with E-state index in [9.17, 15) is 9.59 Å². The van der Waals surface area contributed by atoms with Crippen molar-refractivity contribution < 1.29 is 14.5 Å². The quantitative estimate of drug-likeness (QED) is 0.753. The monoisotopic (exact) mass is 378 g/mol. The van der Waals surface area contributed by atoms with E-state index in [1.54, 1.807) is 11.8 Å². The van der Waals surface area contributed by atoms with Crippen molar-refractivity contribution in [3.8, 4) is 0 Å². The SMILES string of the molecule is Cc1ccc(SCC(=O)N2CC[NH+](CC(=O)NC(C)(C)C)CC2)cc1C. The normalized spacial score (nSPS) is 15.8. The summed E-state index contributed by atoms with van der Waals surface area (Å²) in [5, 5.41) is 3.00. The van der Waals surface area contributed by atoms with Gasteiger partial charge in [-0.3, -0.25) is 9.59 Å². The number of nitrogens with zero attached hydrogens (tertiary/aromatic N) is 1. The molecule has 144 valence electrons. The van der Waals surface area contributed by atoms with E-state index in [4.69, 9.17) is 0 Å². The third-order valence-corrected chi connectivity index (χ3v) is 5.57. The first-order valence-electron chi connectivity index (χ1n) is 9.26. The highest BCUT2D eigenvalue weighted by Crippen LogP contribution is 2.21. The van der Waals surface area contributed by atoms with E-state index in [1.165, 1.54) is 16.0 Å². The van der Waals surface area contributed by atoms with E-state index in [-0.39, 0.29) is 17.4 Å². The van der Waals surface area contributed by atoms with Gasteiger partial charge in [0.25, 0.3) is 5.91 Å². The fourth-order valence-corrected chi connectivity index (χ4v) is 3.88. The summed E-state index contributed by atoms with van der Waals surface area (Å²) < 4.78 is 0. The van der Waals surface area contributed by atoms with Crippen molar-refractivity contribution in [1.29, 1.82) is 0 Å². The van der Waals surface area contributed by atoms with E-state index in [2.05, 4.69) is 37.4 Å². The van der Waals surface area contributed by atoms with Gasteiger partial charge < -0.3 is 15.1 Å². The van der Waals surface area contributed by atoms with Gasteiger partial charge in [0.15, 0.2) is 6.54 Å². The molecule has 2 N–H and O–H groups in total. The van der Waals surface area contributed by atoms with Crippen molar-refractivity contribution in [3.63, 3.8) is 0 Å². The number of aryl methyl sites for hydroxylation is 2. The Balaban J connectivity index is 1.74. The molecule has 1 aliphatic rings. The molecule has 0 spiro atoms. The molecule has 2 amide bonds. The van der Waals surface area contributed by atoms with Crippen LogP contribution in [0.3, 0.4) is 0 Å². The van der Waals surface area contributed by atoms with Crippen LogP contribution in [0, 0.1) is 13.8 Å². The van der Waals surface area contributed by atoms with Crippen LogP contribution >= 0.6 is 11.8 Å². The van der Waals surface area contributed by atoms with Crippen LogP contribution in [-0.4, -0.2) is 60.7 Å². The van der Waals surface area contributed by atoms with Gasteiger partial charge in [-0.25, -0.2) is 0 Å². The average Bonchev–Trinajstić information content (AvgIpc) is 2.54. The van der Waals surface area contributed by atoms with E-state index in [0.717, 1.165) is 31.1 Å². The molecule has 2 rings (SSSR count). The molecule has 0 atom stereocenters. The highest BCUT2D eigenvalue weighted by atomic mass is 32.2. The van der Waals surface area contributed by atoms with Crippen molar-refractivity contribution in [2.45, 2.75) is 45.1 Å². The van der Waals surface area contributed by atoms with Gasteiger partial charge in [-0.1, -0.05) is 6.07 Å². The third-order valence-electron chi connectivity index (χ3n) is 4.59. The van der Waals surface area contributed by atoms with Gasteiger partial charge in [0, 0.05) is 10.4 Å². The summed E-state index contributed by atoms with van der Waals surface area (Å²) in [6.45, 7) is 13.8. The molecule has 1 aromatic carbocycles. The van der Waals surface area contributed by atoms with Crippen LogP contribution < -0.4 is 10.2 Å². The van der Waals surface area contributed by atoms with Crippen LogP contribution in [0.1, 0.15) is 31.9 Å². The Hall–Kier alpha value is -1.53. The van der Waals surface area contributed by atoms with E-state index in [1.807, 2.05) is 25.7 Å². The molecule has 1 fully saturated rings. The fraction of sp³-hybridized carbons (Fsp3) is 0.600. The number of rotatable bonds is 5. The minimum Gasteiger partial charge on any atom is -0.347 e. The van der Waals surface area contributed by atoms with Crippen LogP contribution in [-0.2, 0) is 9.59 Å². The fourth-order valence-electron chi connectivity index (χ4n) is 2.98. The van der Waals surface area contributed by atoms with Gasteiger partial charge in [0.05, 0.1) is 31.9 Å². The topological polar surface area (TPSA) is 53.9 Å². The molecule has 1 heterocycles. The van der Waals surface area contributed by atoms with Crippen LogP contribution in [0.5, 0.6) is 0 Å². The van der Waals surface area contributed by atoms with Gasteiger partial charge in [-0.05, 0) is 57.9 Å². The summed E-state index contributed by atoms with van der Waals surface area (Å²) in [7, 11) is 0. The third kappa shape index (κ3) is 6.65. The molecule has 0 bridgehead atoms. The Morgan fingerprint density at radius 2 is 1.81 bits per heavy atom. The first kappa shape index (κ1) is 20.8. The van der Waals surface area contributed by atoms with Gasteiger partial charge in [-0.2, -0.15) is 0 Å². The van der Waals surface area contributed by atoms with Gasteiger partial charge in [-0.15, -0.1) is 11.8 Å². The van der Waals surface area contributed by atoms with E-state index in [0.29, 0.717) is 12.3 Å². The van der Waals surface area contributed by atoms with Crippen molar-refractivity contribution in [1.82, 2.24) is 10.2 Å². The molecule has 1 aromatic rings. The van der Waals surface area contributed by atoms with Crippen molar-refractivity contribution >= 4 is 23.6 Å². The molecule has 0 saturated carbocycles. The maximum atomic E-state index is 12.5. The Morgan fingerprint density at radius 1 is 1.15 bits per heavy atom. The molecule has 1 saturated heterocycles. The van der Waals surface area contributed by atoms with Crippen molar-refractivity contribution in [3.05, 3.63) is 29.3 Å². The zero-order valence-corrected chi connectivity index (χ0v) is 17.5. The lowest BCUT2D eigenvalue weighted by molar-refractivity contribution is -0.896. The number of quaternary nitrogens is 1. The lowest BCUT2D eigenvalue weighted by atomic mass is 10.1. The Kier molecular flexibility index (Phi) is 7.12. The van der Waals surface area contributed by atoms with Crippen LogP contribution in [0.2, 0.25) is 0 Å². The number of nitrogens with one attached hydrogen (secondary N) is 2. The number of carbonyl (C=O) groups is 2. The molecule has 6 heteroatoms. The van der Waals surface area contributed by atoms with Crippen LogP contribution in [0.15, 0.2) is 23.1 Å². The molecule has 0 unspecified atom stereocenters. The molecule has 0 radical (unpaired) electrons. The average molecular weight is 379 g/mol. The standard InChI is InChI=1S/C20H31N3O2S/c1-15-6-7-17(12-16(15)2)26-14-19(25)23-10-8-22(9-11-23)13-18(24)21-20(3,4)5/h6-7,12H,8-11,13-14H2,1-5H3,(H,21,24)/p+1. The summed E-state index contributed by atoms with van der Waals surface area (Å²) in [6.07, 6.45) is 0. The largest absolute Gasteiger partial charge is 0.347 e. The number of benzene rings is 1. The van der Waals surface area contributed by atoms with E-state index >= 15 is 0 Å². The van der Waals surface area contributed by atoms with Gasteiger partial charge >= 0.3 is 0 Å². The number of thioether (sulfide) groups is 1. The summed E-state index contributed by atoms with van der Waals surface area (Å²) >= 11 is 1.60. The summed E-state index contributed by atoms with van der Waals surface area (Å²) in [4.78, 5) is 28.8. The predicted molar refractivity (Wildman–Crippen MR) is 107 cm³/mol. The molecule has 5 nitrogen and oxygen atoms in total. The molecule has 0 aromatic heterocycles. The molecular formula is C20H32N3O2S+. The van der Waals surface area contributed by atoms with Crippen LogP contribution in [0.4, 0.5) is 0 Å². The van der Waals surface area contributed by atoms with Gasteiger partial charge in [0.2, 0.25) is 5.91 Å². The minimum absolute atomic E-state index is 0.0811. The molecule has 1 aliphatic heterocycles. The van der Waals surface area contributed by atoms with E-state index < -0.39 is 0 Å². The molecule has 26 heavy (non-hydrogen) atoms. The van der Waals surface area contributed by atoms with Crippen LogP contribution in [0.25, 0.3) is 0 Å². The minimum atomic E-state index is -0.195. The smallest absolute Gasteiger partial charge is 0.275 e. The number of piperazine rings is 1. The Bertz CT molecular complexity index is 647. The zero-order chi connectivity index (χ0) is 19.3. The second kappa shape index (κ2) is 8.91. The number of hydrogen-bond acceptors (Lipinski definition) is 3. The predicted octanol–water partition coefficient (Wildman–Crippen LogP) is 1.04. The molecular weight excluding hydrogens is 346 g/mol. The highest BCUT2D eigenvalue weighted by molar-refractivity contribution is 8.00. The first-order valence-corrected chi connectivity index (χ1v) is 10.2. The van der Waals surface area contributed by atoms with Gasteiger partial charge in [0.1, 0.15) is 0 Å². The second-order valence-electron chi connectivity index (χ2n) is 8.14. The van der Waals surface area contributed by atoms with Crippen molar-refractivity contribution in [2.75, 3.05) is 38.5 Å². The lowest BCUT2D eigenvalue weighted by Gasteiger charge is -2.32. The summed E-state index contributed by atoms with van der Waals surface area (Å²) in [5.41, 5.74) is 2.34. The lowest BCUT2D eigenvalue weighted by Crippen LogP contribution is -3.16. The highest BCUT2D eigenvalue weighted by Gasteiger charge is 2.26. The number of carbonyl (C=O) groups excluding carboxylic acids is 2. The maximum absolute atomic E-state index is 12.5.